The standard InChI is InChI=1S/C18H18N2O5/c1-13(21)24-11-15-3-7-17(8-4-15)19-20(23)18-9-5-16(6-10-18)12-25-14(2)22/h3-10H,11-12H2,1-2H3. The topological polar surface area (TPSA) is 91.0 Å². The van der Waals surface area contributed by atoms with E-state index in [4.69, 9.17) is 9.47 Å². The van der Waals surface area contributed by atoms with Crippen molar-refractivity contribution in [3.05, 3.63) is 64.9 Å². The summed E-state index contributed by atoms with van der Waals surface area (Å²) in [4.78, 5) is 22.1. The molecule has 25 heavy (non-hydrogen) atoms. The van der Waals surface area contributed by atoms with Gasteiger partial charge in [-0.15, -0.1) is 0 Å². The summed E-state index contributed by atoms with van der Waals surface area (Å²) in [5.41, 5.74) is 2.42. The number of rotatable bonds is 6. The molecule has 0 aromatic heterocycles. The first-order valence-electron chi connectivity index (χ1n) is 7.57. The molecule has 0 aliphatic rings. The summed E-state index contributed by atoms with van der Waals surface area (Å²) >= 11 is 0. The molecule has 0 N–H and O–H groups in total. The predicted octanol–water partition coefficient (Wildman–Crippen LogP) is 3.74. The van der Waals surface area contributed by atoms with Gasteiger partial charge in [0.1, 0.15) is 18.9 Å². The molecule has 0 spiro atoms. The number of carbonyl (C=O) groups excluding carboxylic acids is 2. The molecule has 0 radical (unpaired) electrons. The molecule has 0 saturated heterocycles. The molecule has 2 aromatic carbocycles. The van der Waals surface area contributed by atoms with Gasteiger partial charge in [-0.1, -0.05) is 17.0 Å². The van der Waals surface area contributed by atoms with Crippen molar-refractivity contribution in [1.29, 1.82) is 0 Å². The van der Waals surface area contributed by atoms with Crippen molar-refractivity contribution >= 4 is 23.3 Å². The van der Waals surface area contributed by atoms with Crippen molar-refractivity contribution < 1.29 is 23.9 Å². The second-order valence-electron chi connectivity index (χ2n) is 5.27. The van der Waals surface area contributed by atoms with Crippen LogP contribution in [0, 0.1) is 5.21 Å². The largest absolute Gasteiger partial charge is 0.594 e. The summed E-state index contributed by atoms with van der Waals surface area (Å²) in [5.74, 6) is -0.710. The fourth-order valence-electron chi connectivity index (χ4n) is 1.91. The number of hydrogen-bond donors (Lipinski definition) is 0. The Balaban J connectivity index is 2.02. The van der Waals surface area contributed by atoms with Gasteiger partial charge in [0.15, 0.2) is 0 Å². The minimum Gasteiger partial charge on any atom is -0.594 e. The highest BCUT2D eigenvalue weighted by Crippen LogP contribution is 2.19. The van der Waals surface area contributed by atoms with Crippen LogP contribution >= 0.6 is 0 Å². The summed E-state index contributed by atoms with van der Waals surface area (Å²) in [6.45, 7) is 3.02. The summed E-state index contributed by atoms with van der Waals surface area (Å²) in [7, 11) is 0. The molecule has 2 aromatic rings. The Hall–Kier alpha value is -3.22. The average molecular weight is 342 g/mol. The average Bonchev–Trinajstić information content (AvgIpc) is 2.59. The highest BCUT2D eigenvalue weighted by Gasteiger charge is 2.06. The molecule has 7 heteroatoms. The van der Waals surface area contributed by atoms with Gasteiger partial charge in [-0.2, -0.15) is 0 Å². The quantitative estimate of drug-likeness (QED) is 0.345. The molecule has 0 aliphatic heterocycles. The van der Waals surface area contributed by atoms with Crippen molar-refractivity contribution in [1.82, 2.24) is 0 Å². The first kappa shape index (κ1) is 18.1. The molecule has 0 amide bonds. The van der Waals surface area contributed by atoms with E-state index in [1.807, 2.05) is 0 Å². The van der Waals surface area contributed by atoms with E-state index in [1.165, 1.54) is 13.8 Å². The molecule has 0 heterocycles. The third-order valence-electron chi connectivity index (χ3n) is 3.18. The van der Waals surface area contributed by atoms with Crippen LogP contribution in [0.1, 0.15) is 25.0 Å². The van der Waals surface area contributed by atoms with Crippen LogP contribution in [0.4, 0.5) is 11.4 Å². The van der Waals surface area contributed by atoms with Crippen LogP contribution in [0.3, 0.4) is 0 Å². The highest BCUT2D eigenvalue weighted by atomic mass is 16.5. The first-order chi connectivity index (χ1) is 11.9. The van der Waals surface area contributed by atoms with Gasteiger partial charge >= 0.3 is 11.9 Å². The summed E-state index contributed by atoms with van der Waals surface area (Å²) in [5, 5.41) is 16.0. The van der Waals surface area contributed by atoms with Gasteiger partial charge in [0.05, 0.1) is 0 Å². The number of ether oxygens (including phenoxy) is 2. The van der Waals surface area contributed by atoms with Crippen molar-refractivity contribution in [2.45, 2.75) is 27.1 Å². The van der Waals surface area contributed by atoms with Crippen LogP contribution in [0.5, 0.6) is 0 Å². The lowest BCUT2D eigenvalue weighted by Gasteiger charge is -2.04. The SMILES string of the molecule is CC(=O)OCc1ccc(N=[N+]([O-])c2ccc(COC(C)=O)cc2)cc1. The number of benzene rings is 2. The van der Waals surface area contributed by atoms with Crippen molar-refractivity contribution in [2.24, 2.45) is 5.11 Å². The Morgan fingerprint density at radius 1 is 0.880 bits per heavy atom. The van der Waals surface area contributed by atoms with Gasteiger partial charge in [-0.3, -0.25) is 9.59 Å². The van der Waals surface area contributed by atoms with Crippen LogP contribution in [0.2, 0.25) is 0 Å². The zero-order valence-corrected chi connectivity index (χ0v) is 14.0. The van der Waals surface area contributed by atoms with E-state index in [0.29, 0.717) is 16.2 Å². The molecule has 130 valence electrons. The molecule has 0 saturated carbocycles. The van der Waals surface area contributed by atoms with Crippen LogP contribution in [-0.4, -0.2) is 16.8 Å². The Labute approximate surface area is 145 Å². The van der Waals surface area contributed by atoms with Crippen LogP contribution in [0.25, 0.3) is 0 Å². The molecular formula is C18H18N2O5. The maximum absolute atomic E-state index is 12.1. The maximum Gasteiger partial charge on any atom is 0.302 e. The first-order valence-corrected chi connectivity index (χ1v) is 7.57. The second kappa shape index (κ2) is 8.58. The third kappa shape index (κ3) is 6.06. The Morgan fingerprint density at radius 2 is 1.32 bits per heavy atom. The Bertz CT molecular complexity index is 767. The van der Waals surface area contributed by atoms with E-state index in [0.717, 1.165) is 11.1 Å². The lowest BCUT2D eigenvalue weighted by atomic mass is 10.2. The lowest BCUT2D eigenvalue weighted by Crippen LogP contribution is -1.99. The van der Waals surface area contributed by atoms with Gasteiger partial charge < -0.3 is 14.7 Å². The molecule has 2 rings (SSSR count). The van der Waals surface area contributed by atoms with Crippen LogP contribution in [0.15, 0.2) is 53.6 Å². The van der Waals surface area contributed by atoms with E-state index in [2.05, 4.69) is 5.11 Å². The summed E-state index contributed by atoms with van der Waals surface area (Å²) in [6, 6.07) is 13.4. The highest BCUT2D eigenvalue weighted by molar-refractivity contribution is 5.66. The van der Waals surface area contributed by atoms with E-state index >= 15 is 0 Å². The van der Waals surface area contributed by atoms with Crippen molar-refractivity contribution in [3.63, 3.8) is 0 Å². The number of esters is 2. The van der Waals surface area contributed by atoms with Crippen LogP contribution < -0.4 is 0 Å². The number of azo groups is 1. The predicted molar refractivity (Wildman–Crippen MR) is 89.2 cm³/mol. The second-order valence-corrected chi connectivity index (χ2v) is 5.27. The van der Waals surface area contributed by atoms with Gasteiger partial charge in [0.2, 0.25) is 5.69 Å². The fraction of sp³-hybridized carbons (Fsp3) is 0.222. The van der Waals surface area contributed by atoms with Gasteiger partial charge in [0.25, 0.3) is 0 Å². The third-order valence-corrected chi connectivity index (χ3v) is 3.18. The van der Waals surface area contributed by atoms with Gasteiger partial charge in [-0.25, -0.2) is 0 Å². The molecule has 0 bridgehead atoms. The van der Waals surface area contributed by atoms with E-state index in [-0.39, 0.29) is 25.2 Å². The summed E-state index contributed by atoms with van der Waals surface area (Å²) in [6.07, 6.45) is 0. The molecule has 0 fully saturated rings. The zero-order chi connectivity index (χ0) is 18.2. The molecule has 0 atom stereocenters. The van der Waals surface area contributed by atoms with E-state index in [1.54, 1.807) is 48.5 Å². The van der Waals surface area contributed by atoms with Crippen molar-refractivity contribution in [2.75, 3.05) is 0 Å². The van der Waals surface area contributed by atoms with E-state index in [9.17, 15) is 14.8 Å². The molecular weight excluding hydrogens is 324 g/mol. The van der Waals surface area contributed by atoms with Gasteiger partial charge in [0, 0.05) is 31.1 Å². The van der Waals surface area contributed by atoms with Crippen molar-refractivity contribution in [3.8, 4) is 0 Å². The fourth-order valence-corrected chi connectivity index (χ4v) is 1.91. The van der Waals surface area contributed by atoms with Gasteiger partial charge in [-0.05, 0) is 35.4 Å². The Kier molecular flexibility index (Phi) is 6.22. The minimum atomic E-state index is -0.360. The number of carbonyl (C=O) groups is 2. The smallest absolute Gasteiger partial charge is 0.302 e. The van der Waals surface area contributed by atoms with Crippen LogP contribution in [-0.2, 0) is 32.3 Å². The molecule has 7 nitrogen and oxygen atoms in total. The summed E-state index contributed by atoms with van der Waals surface area (Å²) < 4.78 is 9.78. The molecule has 0 unspecified atom stereocenters. The number of hydrogen-bond acceptors (Lipinski definition) is 6. The Morgan fingerprint density at radius 3 is 1.76 bits per heavy atom. The normalized spacial score (nSPS) is 11.0. The monoisotopic (exact) mass is 342 g/mol. The maximum atomic E-state index is 12.1. The van der Waals surface area contributed by atoms with E-state index < -0.39 is 0 Å². The number of nitrogens with zero attached hydrogens (tertiary/aromatic N) is 2. The zero-order valence-electron chi connectivity index (χ0n) is 14.0. The lowest BCUT2D eigenvalue weighted by molar-refractivity contribution is -0.435. The minimum absolute atomic E-state index is 0.162. The molecule has 0 aliphatic carbocycles.